The summed E-state index contributed by atoms with van der Waals surface area (Å²) in [5.41, 5.74) is 5.73. The van der Waals surface area contributed by atoms with Crippen molar-refractivity contribution in [2.75, 3.05) is 0 Å². The molecule has 0 spiro atoms. The maximum atomic E-state index is 3.99. The fourth-order valence-corrected chi connectivity index (χ4v) is 1.54. The number of fused-ring (bicyclic) bond motifs is 3. The molecule has 3 nitrogen and oxygen atoms in total. The first-order chi connectivity index (χ1) is 6.45. The molecule has 0 N–H and O–H groups in total. The van der Waals surface area contributed by atoms with Crippen molar-refractivity contribution in [3.63, 3.8) is 0 Å². The zero-order chi connectivity index (χ0) is 8.67. The van der Waals surface area contributed by atoms with Crippen LogP contribution in [0.4, 0.5) is 11.4 Å². The first kappa shape index (κ1) is 6.60. The minimum Gasteiger partial charge on any atom is -0.128 e. The zero-order valence-electron chi connectivity index (χ0n) is 6.81. The quantitative estimate of drug-likeness (QED) is 0.579. The van der Waals surface area contributed by atoms with E-state index in [1.54, 1.807) is 0 Å². The first-order valence-electron chi connectivity index (χ1n) is 4.09. The molecule has 0 saturated carbocycles. The lowest BCUT2D eigenvalue weighted by molar-refractivity contribution is 0.927. The second-order valence-corrected chi connectivity index (χ2v) is 2.94. The maximum absolute atomic E-state index is 3.99. The van der Waals surface area contributed by atoms with Crippen molar-refractivity contribution < 1.29 is 0 Å². The van der Waals surface area contributed by atoms with Gasteiger partial charge in [0.15, 0.2) is 0 Å². The highest BCUT2D eigenvalue weighted by Gasteiger charge is 2.12. The van der Waals surface area contributed by atoms with E-state index in [-0.39, 0.29) is 0 Å². The molecule has 0 saturated heterocycles. The van der Waals surface area contributed by atoms with Crippen molar-refractivity contribution in [1.82, 2.24) is 5.43 Å². The topological polar surface area (TPSA) is 38.8 Å². The summed E-state index contributed by atoms with van der Waals surface area (Å²) >= 11 is 0. The van der Waals surface area contributed by atoms with Crippen LogP contribution in [0.2, 0.25) is 0 Å². The van der Waals surface area contributed by atoms with Gasteiger partial charge in [0.25, 0.3) is 0 Å². The third-order valence-electron chi connectivity index (χ3n) is 2.18. The highest BCUT2D eigenvalue weighted by atomic mass is 15.5. The van der Waals surface area contributed by atoms with Crippen molar-refractivity contribution in [2.45, 2.75) is 0 Å². The molecular weight excluding hydrogens is 162 g/mol. The van der Waals surface area contributed by atoms with E-state index >= 15 is 0 Å². The lowest BCUT2D eigenvalue weighted by Gasteiger charge is -1.99. The SMILES string of the molecule is c1ccc2c3c(ccc2c1)N=N[N]3. The molecular formula is C10H6N3. The van der Waals surface area contributed by atoms with Gasteiger partial charge >= 0.3 is 0 Å². The second kappa shape index (κ2) is 2.29. The van der Waals surface area contributed by atoms with Crippen molar-refractivity contribution in [2.24, 2.45) is 10.3 Å². The van der Waals surface area contributed by atoms with Crippen LogP contribution < -0.4 is 5.43 Å². The predicted octanol–water partition coefficient (Wildman–Crippen LogP) is 3.09. The molecule has 3 heteroatoms. The summed E-state index contributed by atoms with van der Waals surface area (Å²) in [6.45, 7) is 0. The van der Waals surface area contributed by atoms with Crippen molar-refractivity contribution in [1.29, 1.82) is 0 Å². The zero-order valence-corrected chi connectivity index (χ0v) is 6.81. The van der Waals surface area contributed by atoms with Crippen LogP contribution in [0.15, 0.2) is 46.7 Å². The van der Waals surface area contributed by atoms with Gasteiger partial charge in [0.2, 0.25) is 0 Å². The molecule has 0 fully saturated rings. The van der Waals surface area contributed by atoms with E-state index in [9.17, 15) is 0 Å². The molecule has 1 radical (unpaired) electrons. The Morgan fingerprint density at radius 3 is 2.85 bits per heavy atom. The lowest BCUT2D eigenvalue weighted by atomic mass is 10.1. The third-order valence-corrected chi connectivity index (χ3v) is 2.18. The van der Waals surface area contributed by atoms with Crippen LogP contribution in [0, 0.1) is 0 Å². The number of hydrogen-bond donors (Lipinski definition) is 0. The Morgan fingerprint density at radius 2 is 1.85 bits per heavy atom. The van der Waals surface area contributed by atoms with Crippen LogP contribution in [-0.2, 0) is 0 Å². The fourth-order valence-electron chi connectivity index (χ4n) is 1.54. The molecule has 1 aliphatic heterocycles. The molecule has 1 aliphatic rings. The number of hydrogen-bond acceptors (Lipinski definition) is 2. The molecule has 2 aromatic carbocycles. The molecule has 3 rings (SSSR count). The molecule has 0 bridgehead atoms. The monoisotopic (exact) mass is 168 g/mol. The van der Waals surface area contributed by atoms with Gasteiger partial charge in [0.1, 0.15) is 11.4 Å². The van der Waals surface area contributed by atoms with Crippen LogP contribution in [0.1, 0.15) is 0 Å². The largest absolute Gasteiger partial charge is 0.128 e. The van der Waals surface area contributed by atoms with Crippen LogP contribution in [0.3, 0.4) is 0 Å². The van der Waals surface area contributed by atoms with Crippen LogP contribution in [0.5, 0.6) is 0 Å². The van der Waals surface area contributed by atoms with E-state index < -0.39 is 0 Å². The third kappa shape index (κ3) is 0.839. The second-order valence-electron chi connectivity index (χ2n) is 2.94. The van der Waals surface area contributed by atoms with Crippen LogP contribution in [0.25, 0.3) is 10.8 Å². The number of benzene rings is 2. The van der Waals surface area contributed by atoms with Crippen molar-refractivity contribution in [3.8, 4) is 0 Å². The number of nitrogens with zero attached hydrogens (tertiary/aromatic N) is 3. The minimum absolute atomic E-state index is 0.860. The molecule has 0 amide bonds. The van der Waals surface area contributed by atoms with E-state index in [1.165, 1.54) is 5.39 Å². The van der Waals surface area contributed by atoms with Gasteiger partial charge in [0, 0.05) is 5.39 Å². The highest BCUT2D eigenvalue weighted by Crippen LogP contribution is 2.36. The Kier molecular flexibility index (Phi) is 1.16. The summed E-state index contributed by atoms with van der Waals surface area (Å²) in [5.74, 6) is 0. The predicted molar refractivity (Wildman–Crippen MR) is 50.3 cm³/mol. The van der Waals surface area contributed by atoms with Crippen molar-refractivity contribution >= 4 is 22.1 Å². The molecule has 13 heavy (non-hydrogen) atoms. The van der Waals surface area contributed by atoms with Gasteiger partial charge in [-0.25, -0.2) is 0 Å². The van der Waals surface area contributed by atoms with E-state index in [0.717, 1.165) is 16.8 Å². The summed E-state index contributed by atoms with van der Waals surface area (Å²) in [4.78, 5) is 0. The summed E-state index contributed by atoms with van der Waals surface area (Å²) < 4.78 is 0. The van der Waals surface area contributed by atoms with E-state index in [1.807, 2.05) is 30.3 Å². The van der Waals surface area contributed by atoms with Crippen molar-refractivity contribution in [3.05, 3.63) is 36.4 Å². The fraction of sp³-hybridized carbons (Fsp3) is 0. The molecule has 2 aromatic rings. The summed E-state index contributed by atoms with van der Waals surface area (Å²) in [6, 6.07) is 12.1. The molecule has 0 aromatic heterocycles. The van der Waals surface area contributed by atoms with E-state index in [4.69, 9.17) is 0 Å². The minimum atomic E-state index is 0.860. The molecule has 1 heterocycles. The van der Waals surface area contributed by atoms with Gasteiger partial charge in [-0.2, -0.15) is 0 Å². The standard InChI is InChI=1S/C10H6N3/c1-2-4-8-7(3-1)5-6-9-10(8)12-13-11-9/h1-6H. The number of rotatable bonds is 0. The van der Waals surface area contributed by atoms with Gasteiger partial charge in [-0.3, -0.25) is 0 Å². The lowest BCUT2D eigenvalue weighted by Crippen LogP contribution is -1.81. The normalized spacial score (nSPS) is 12.9. The molecule has 0 atom stereocenters. The maximum Gasteiger partial charge on any atom is 0.123 e. The van der Waals surface area contributed by atoms with Gasteiger partial charge < -0.3 is 0 Å². The average molecular weight is 168 g/mol. The first-order valence-corrected chi connectivity index (χ1v) is 4.09. The van der Waals surface area contributed by atoms with Crippen LogP contribution >= 0.6 is 0 Å². The Labute approximate surface area is 75.1 Å². The molecule has 61 valence electrons. The smallest absolute Gasteiger partial charge is 0.123 e. The molecule has 0 unspecified atom stereocenters. The summed E-state index contributed by atoms with van der Waals surface area (Å²) in [7, 11) is 0. The van der Waals surface area contributed by atoms with Gasteiger partial charge in [-0.1, -0.05) is 30.3 Å². The average Bonchev–Trinajstić information content (AvgIpc) is 2.65. The van der Waals surface area contributed by atoms with Gasteiger partial charge in [-0.15, -0.1) is 10.5 Å². The highest BCUT2D eigenvalue weighted by molar-refractivity contribution is 5.97. The summed E-state index contributed by atoms with van der Waals surface area (Å²) in [5, 5.41) is 9.85. The van der Waals surface area contributed by atoms with E-state index in [2.05, 4.69) is 21.8 Å². The van der Waals surface area contributed by atoms with E-state index in [0.29, 0.717) is 0 Å². The Morgan fingerprint density at radius 1 is 0.923 bits per heavy atom. The Hall–Kier alpha value is -1.90. The Bertz CT molecular complexity index is 502. The van der Waals surface area contributed by atoms with Gasteiger partial charge in [-0.05, 0) is 16.7 Å². The summed E-state index contributed by atoms with van der Waals surface area (Å²) in [6.07, 6.45) is 0. The van der Waals surface area contributed by atoms with Crippen LogP contribution in [-0.4, -0.2) is 0 Å². The Balaban J connectivity index is 2.46. The van der Waals surface area contributed by atoms with Gasteiger partial charge in [0.05, 0.1) is 0 Å². The molecule has 0 aliphatic carbocycles.